The largest absolute Gasteiger partial charge is 0.507 e. The fourth-order valence-corrected chi connectivity index (χ4v) is 5.14. The summed E-state index contributed by atoms with van der Waals surface area (Å²) >= 11 is 0. The van der Waals surface area contributed by atoms with Crippen molar-refractivity contribution >= 4 is 27.5 Å². The first-order valence-corrected chi connectivity index (χ1v) is 12.7. The molecule has 0 spiro atoms. The molecule has 6 aromatic rings. The molecule has 39 heavy (non-hydrogen) atoms. The Kier molecular flexibility index (Phi) is 6.49. The summed E-state index contributed by atoms with van der Waals surface area (Å²) in [6, 6.07) is 35.2. The molecule has 0 amide bonds. The standard InChI is InChI=1S/C34H25NO4/c36-28-18-16-22-9-4-6-14-26(22)31(28)32-27-15-7-5-10-23(27)17-19-29(32)39-34(38)30(24-11-2-1-3-12-24)33(37)25-13-8-20-35-21-25/h1-21,30,33,36-37H/t30-,33-/m0/s1. The number of fused-ring (bicyclic) bond motifs is 2. The number of phenols is 1. The van der Waals surface area contributed by atoms with Crippen LogP contribution in [0.1, 0.15) is 23.1 Å². The van der Waals surface area contributed by atoms with Gasteiger partial charge >= 0.3 is 5.97 Å². The molecular weight excluding hydrogens is 486 g/mol. The first kappa shape index (κ1) is 24.3. The molecule has 0 fully saturated rings. The lowest BCUT2D eigenvalue weighted by Gasteiger charge is -2.23. The first-order chi connectivity index (χ1) is 19.1. The molecule has 6 rings (SSSR count). The van der Waals surface area contributed by atoms with Gasteiger partial charge in [-0.3, -0.25) is 9.78 Å². The molecule has 0 aliphatic rings. The van der Waals surface area contributed by atoms with Crippen LogP contribution in [0.2, 0.25) is 0 Å². The number of aliphatic hydroxyl groups excluding tert-OH is 1. The molecular formula is C34H25NO4. The number of carbonyl (C=O) groups is 1. The van der Waals surface area contributed by atoms with Crippen LogP contribution in [0, 0.1) is 0 Å². The second-order valence-electron chi connectivity index (χ2n) is 9.38. The van der Waals surface area contributed by atoms with Crippen molar-refractivity contribution in [3.8, 4) is 22.6 Å². The zero-order valence-electron chi connectivity index (χ0n) is 20.9. The first-order valence-electron chi connectivity index (χ1n) is 12.7. The van der Waals surface area contributed by atoms with E-state index >= 15 is 0 Å². The van der Waals surface area contributed by atoms with Gasteiger partial charge in [-0.1, -0.05) is 97.1 Å². The number of esters is 1. The Morgan fingerprint density at radius 3 is 1.97 bits per heavy atom. The molecule has 5 nitrogen and oxygen atoms in total. The monoisotopic (exact) mass is 511 g/mol. The topological polar surface area (TPSA) is 79.7 Å². The van der Waals surface area contributed by atoms with Crippen molar-refractivity contribution in [2.24, 2.45) is 0 Å². The average molecular weight is 512 g/mol. The smallest absolute Gasteiger partial charge is 0.321 e. The maximum atomic E-state index is 13.9. The molecule has 5 heteroatoms. The van der Waals surface area contributed by atoms with E-state index in [9.17, 15) is 15.0 Å². The molecule has 2 N–H and O–H groups in total. The van der Waals surface area contributed by atoms with Crippen molar-refractivity contribution in [1.82, 2.24) is 4.98 Å². The number of nitrogens with zero attached hydrogens (tertiary/aromatic N) is 1. The summed E-state index contributed by atoms with van der Waals surface area (Å²) in [4.78, 5) is 18.0. The maximum Gasteiger partial charge on any atom is 0.321 e. The minimum Gasteiger partial charge on any atom is -0.507 e. The van der Waals surface area contributed by atoms with E-state index in [0.29, 0.717) is 28.0 Å². The lowest BCUT2D eigenvalue weighted by molar-refractivity contribution is -0.139. The number of ether oxygens (including phenoxy) is 1. The van der Waals surface area contributed by atoms with Gasteiger partial charge in [0.15, 0.2) is 0 Å². The number of carbonyl (C=O) groups excluding carboxylic acids is 1. The molecule has 1 heterocycles. The lowest BCUT2D eigenvalue weighted by Crippen LogP contribution is -2.25. The van der Waals surface area contributed by atoms with Crippen LogP contribution < -0.4 is 4.74 Å². The third-order valence-corrected chi connectivity index (χ3v) is 7.01. The van der Waals surface area contributed by atoms with Crippen LogP contribution in [0.4, 0.5) is 0 Å². The van der Waals surface area contributed by atoms with Gasteiger partial charge in [0.25, 0.3) is 0 Å². The van der Waals surface area contributed by atoms with E-state index in [1.165, 1.54) is 0 Å². The fraction of sp³-hybridized carbons (Fsp3) is 0.0588. The van der Waals surface area contributed by atoms with Crippen molar-refractivity contribution in [2.45, 2.75) is 12.0 Å². The molecule has 0 bridgehead atoms. The Labute approximate surface area is 225 Å². The van der Waals surface area contributed by atoms with Crippen molar-refractivity contribution < 1.29 is 19.7 Å². The van der Waals surface area contributed by atoms with E-state index in [4.69, 9.17) is 4.74 Å². The summed E-state index contributed by atoms with van der Waals surface area (Å²) in [5.74, 6) is -1.24. The molecule has 0 aliphatic carbocycles. The molecule has 1 aromatic heterocycles. The van der Waals surface area contributed by atoms with E-state index in [2.05, 4.69) is 4.98 Å². The Morgan fingerprint density at radius 1 is 0.667 bits per heavy atom. The molecule has 0 radical (unpaired) electrons. The summed E-state index contributed by atoms with van der Waals surface area (Å²) in [7, 11) is 0. The Balaban J connectivity index is 1.52. The normalized spacial score (nSPS) is 12.7. The molecule has 0 aliphatic heterocycles. The highest BCUT2D eigenvalue weighted by atomic mass is 16.5. The van der Waals surface area contributed by atoms with Crippen molar-refractivity contribution in [2.75, 3.05) is 0 Å². The zero-order valence-corrected chi connectivity index (χ0v) is 20.9. The number of phenolic OH excluding ortho intramolecular Hbond substituents is 1. The number of aromatic hydroxyl groups is 1. The number of benzene rings is 5. The second kappa shape index (κ2) is 10.4. The predicted molar refractivity (Wildman–Crippen MR) is 153 cm³/mol. The number of aromatic nitrogens is 1. The summed E-state index contributed by atoms with van der Waals surface area (Å²) in [5, 5.41) is 26.0. The van der Waals surface area contributed by atoms with E-state index in [-0.39, 0.29) is 5.75 Å². The third kappa shape index (κ3) is 4.60. The summed E-state index contributed by atoms with van der Waals surface area (Å²) in [6.45, 7) is 0. The van der Waals surface area contributed by atoms with E-state index in [1.54, 1.807) is 48.8 Å². The molecule has 0 unspecified atom stereocenters. The van der Waals surface area contributed by atoms with Gasteiger partial charge in [0.2, 0.25) is 0 Å². The van der Waals surface area contributed by atoms with Gasteiger partial charge in [-0.15, -0.1) is 0 Å². The minimum atomic E-state index is -1.18. The van der Waals surface area contributed by atoms with Crippen molar-refractivity contribution in [3.63, 3.8) is 0 Å². The Hall–Kier alpha value is -5.00. The quantitative estimate of drug-likeness (QED) is 0.183. The predicted octanol–water partition coefficient (Wildman–Crippen LogP) is 7.18. The number of pyridine rings is 1. The lowest BCUT2D eigenvalue weighted by atomic mass is 9.89. The van der Waals surface area contributed by atoms with E-state index in [1.807, 2.05) is 78.9 Å². The van der Waals surface area contributed by atoms with Crippen LogP contribution >= 0.6 is 0 Å². The van der Waals surface area contributed by atoms with Gasteiger partial charge in [0.1, 0.15) is 17.4 Å². The number of rotatable bonds is 6. The highest BCUT2D eigenvalue weighted by Gasteiger charge is 2.33. The summed E-state index contributed by atoms with van der Waals surface area (Å²) in [6.07, 6.45) is 1.98. The van der Waals surface area contributed by atoms with E-state index in [0.717, 1.165) is 21.5 Å². The summed E-state index contributed by atoms with van der Waals surface area (Å²) < 4.78 is 6.14. The molecule has 2 atom stereocenters. The van der Waals surface area contributed by atoms with Crippen molar-refractivity contribution in [3.05, 3.63) is 139 Å². The number of aliphatic hydroxyl groups is 1. The van der Waals surface area contributed by atoms with Gasteiger partial charge in [0.05, 0.1) is 6.10 Å². The number of hydrogen-bond acceptors (Lipinski definition) is 5. The van der Waals surface area contributed by atoms with Crippen LogP contribution in [0.15, 0.2) is 128 Å². The van der Waals surface area contributed by atoms with Gasteiger partial charge in [-0.05, 0) is 45.3 Å². The van der Waals surface area contributed by atoms with Crippen LogP contribution in [-0.4, -0.2) is 21.2 Å². The Bertz CT molecular complexity index is 1780. The summed E-state index contributed by atoms with van der Waals surface area (Å²) in [5.41, 5.74) is 2.32. The molecule has 0 saturated carbocycles. The molecule has 0 saturated heterocycles. The maximum absolute atomic E-state index is 13.9. The van der Waals surface area contributed by atoms with Gasteiger partial charge in [0, 0.05) is 29.1 Å². The van der Waals surface area contributed by atoms with Gasteiger partial charge < -0.3 is 14.9 Å². The van der Waals surface area contributed by atoms with Gasteiger partial charge in [-0.25, -0.2) is 0 Å². The van der Waals surface area contributed by atoms with Crippen molar-refractivity contribution in [1.29, 1.82) is 0 Å². The van der Waals surface area contributed by atoms with Crippen LogP contribution in [0.5, 0.6) is 11.5 Å². The van der Waals surface area contributed by atoms with Crippen LogP contribution in [0.3, 0.4) is 0 Å². The SMILES string of the molecule is O=C(Oc1ccc2ccccc2c1-c1c(O)ccc2ccccc12)[C@@H](c1ccccc1)[C@@H](O)c1cccnc1. The minimum absolute atomic E-state index is 0.0809. The van der Waals surface area contributed by atoms with Crippen LogP contribution in [-0.2, 0) is 4.79 Å². The van der Waals surface area contributed by atoms with Gasteiger partial charge in [-0.2, -0.15) is 0 Å². The highest BCUT2D eigenvalue weighted by molar-refractivity contribution is 6.10. The van der Waals surface area contributed by atoms with Crippen LogP contribution in [0.25, 0.3) is 32.7 Å². The fourth-order valence-electron chi connectivity index (χ4n) is 5.14. The third-order valence-electron chi connectivity index (χ3n) is 7.01. The zero-order chi connectivity index (χ0) is 26.8. The Morgan fingerprint density at radius 2 is 1.28 bits per heavy atom. The van der Waals surface area contributed by atoms with E-state index < -0.39 is 18.0 Å². The molecule has 190 valence electrons. The second-order valence-corrected chi connectivity index (χ2v) is 9.38. The molecule has 5 aromatic carbocycles. The number of hydrogen-bond donors (Lipinski definition) is 2. The average Bonchev–Trinajstić information content (AvgIpc) is 2.98. The highest BCUT2D eigenvalue weighted by Crippen LogP contribution is 2.45.